The summed E-state index contributed by atoms with van der Waals surface area (Å²) in [5.74, 6) is 0.745. The molecule has 0 saturated carbocycles. The summed E-state index contributed by atoms with van der Waals surface area (Å²) in [6.07, 6.45) is 3.74. The third-order valence-corrected chi connectivity index (χ3v) is 11.9. The first-order valence-electron chi connectivity index (χ1n) is 10.9. The molecular weight excluding hydrogens is 444 g/mol. The van der Waals surface area contributed by atoms with E-state index >= 15 is 0 Å². The molecule has 0 aliphatic carbocycles. The van der Waals surface area contributed by atoms with Gasteiger partial charge in [-0.1, -0.05) is 56.6 Å². The van der Waals surface area contributed by atoms with Gasteiger partial charge in [0.2, 0.25) is 0 Å². The lowest BCUT2D eigenvalue weighted by atomic mass is 10.1. The minimum Gasteiger partial charge on any atom is -0.417 e. The lowest BCUT2D eigenvalue weighted by Crippen LogP contribution is -2.41. The van der Waals surface area contributed by atoms with Crippen molar-refractivity contribution in [1.82, 2.24) is 9.78 Å². The Bertz CT molecular complexity index is 929. The minimum atomic E-state index is -1.66. The Morgan fingerprint density at radius 3 is 2.19 bits per heavy atom. The van der Waals surface area contributed by atoms with Gasteiger partial charge in [0.15, 0.2) is 8.32 Å². The number of benzene rings is 1. The van der Waals surface area contributed by atoms with Crippen molar-refractivity contribution in [3.05, 3.63) is 57.0 Å². The molecule has 1 heterocycles. The predicted octanol–water partition coefficient (Wildman–Crippen LogP) is 6.90. The maximum Gasteiger partial charge on any atom is 0.287 e. The molecule has 0 saturated heterocycles. The van der Waals surface area contributed by atoms with Gasteiger partial charge in [-0.3, -0.25) is 4.79 Å². The van der Waals surface area contributed by atoms with Crippen LogP contribution in [0.1, 0.15) is 59.1 Å². The van der Waals surface area contributed by atoms with Crippen LogP contribution < -0.4 is 5.56 Å². The highest BCUT2D eigenvalue weighted by Crippen LogP contribution is 2.36. The topological polar surface area (TPSA) is 44.1 Å². The zero-order valence-electron chi connectivity index (χ0n) is 20.2. The Morgan fingerprint density at radius 2 is 1.65 bits per heavy atom. The van der Waals surface area contributed by atoms with Gasteiger partial charge in [-0.2, -0.15) is 5.10 Å². The van der Waals surface area contributed by atoms with Crippen molar-refractivity contribution in [2.75, 3.05) is 6.61 Å². The standard InChI is InChI=1S/C24H37ClN2O2SSi/c1-23(2,3)27-22(28)21(25)20(16-26-27)30-17-19-13-11-18(12-14-19)10-9-15-29-31(7,8)24(4,5)6/h11-14,16H,9-10,15,17H2,1-8H3. The Balaban J connectivity index is 1.88. The van der Waals surface area contributed by atoms with Crippen molar-refractivity contribution >= 4 is 31.7 Å². The van der Waals surface area contributed by atoms with Gasteiger partial charge in [0, 0.05) is 12.4 Å². The van der Waals surface area contributed by atoms with Crippen LogP contribution in [0, 0.1) is 0 Å². The van der Waals surface area contributed by atoms with Gasteiger partial charge >= 0.3 is 0 Å². The second-order valence-corrected chi connectivity index (χ2v) is 16.7. The smallest absolute Gasteiger partial charge is 0.287 e. The van der Waals surface area contributed by atoms with Gasteiger partial charge in [0.05, 0.1) is 16.6 Å². The van der Waals surface area contributed by atoms with Crippen molar-refractivity contribution in [3.8, 4) is 0 Å². The number of nitrogens with zero attached hydrogens (tertiary/aromatic N) is 2. The highest BCUT2D eigenvalue weighted by molar-refractivity contribution is 7.98. The molecule has 7 heteroatoms. The second-order valence-electron chi connectivity index (χ2n) is 10.5. The van der Waals surface area contributed by atoms with Crippen molar-refractivity contribution in [2.45, 2.75) is 88.7 Å². The summed E-state index contributed by atoms with van der Waals surface area (Å²) in [5, 5.41) is 4.80. The van der Waals surface area contributed by atoms with E-state index in [2.05, 4.69) is 63.2 Å². The summed E-state index contributed by atoms with van der Waals surface area (Å²) in [6, 6.07) is 8.66. The minimum absolute atomic E-state index is 0.241. The normalized spacial score (nSPS) is 12.9. The number of thioether (sulfide) groups is 1. The van der Waals surface area contributed by atoms with Crippen LogP contribution >= 0.6 is 23.4 Å². The molecule has 0 atom stereocenters. The summed E-state index contributed by atoms with van der Waals surface area (Å²) in [6.45, 7) is 18.0. The first-order chi connectivity index (χ1) is 14.2. The van der Waals surface area contributed by atoms with E-state index in [0.29, 0.717) is 0 Å². The monoisotopic (exact) mass is 480 g/mol. The second kappa shape index (κ2) is 10.2. The van der Waals surface area contributed by atoms with E-state index in [4.69, 9.17) is 16.0 Å². The lowest BCUT2D eigenvalue weighted by molar-refractivity contribution is 0.282. The Morgan fingerprint density at radius 1 is 1.06 bits per heavy atom. The quantitative estimate of drug-likeness (QED) is 0.234. The Labute approximate surface area is 197 Å². The maximum absolute atomic E-state index is 12.5. The van der Waals surface area contributed by atoms with Gasteiger partial charge in [-0.05, 0) is 62.9 Å². The molecule has 0 aliphatic heterocycles. The number of rotatable bonds is 8. The van der Waals surface area contributed by atoms with Crippen LogP contribution in [0.2, 0.25) is 23.2 Å². The summed E-state index contributed by atoms with van der Waals surface area (Å²) in [5.41, 5.74) is 1.88. The van der Waals surface area contributed by atoms with Crippen LogP contribution in [0.5, 0.6) is 0 Å². The molecule has 2 rings (SSSR count). The van der Waals surface area contributed by atoms with Crippen molar-refractivity contribution < 1.29 is 4.43 Å². The molecule has 1 aromatic carbocycles. The van der Waals surface area contributed by atoms with E-state index in [0.717, 1.165) is 30.1 Å². The van der Waals surface area contributed by atoms with Gasteiger partial charge in [-0.25, -0.2) is 4.68 Å². The average molecular weight is 481 g/mol. The predicted molar refractivity (Wildman–Crippen MR) is 136 cm³/mol. The van der Waals surface area contributed by atoms with Gasteiger partial charge in [0.1, 0.15) is 5.02 Å². The van der Waals surface area contributed by atoms with Crippen molar-refractivity contribution in [3.63, 3.8) is 0 Å². The molecular formula is C24H37ClN2O2SSi. The molecule has 0 aliphatic rings. The van der Waals surface area contributed by atoms with Gasteiger partial charge in [-0.15, -0.1) is 11.8 Å². The molecule has 0 amide bonds. The van der Waals surface area contributed by atoms with Crippen LogP contribution in [-0.2, 0) is 22.1 Å². The molecule has 0 radical (unpaired) electrons. The number of hydrogen-bond donors (Lipinski definition) is 0. The van der Waals surface area contributed by atoms with Crippen molar-refractivity contribution in [2.24, 2.45) is 0 Å². The highest BCUT2D eigenvalue weighted by Gasteiger charge is 2.36. The highest BCUT2D eigenvalue weighted by atomic mass is 35.5. The Hall–Kier alpha value is -1.08. The summed E-state index contributed by atoms with van der Waals surface area (Å²) >= 11 is 7.87. The third kappa shape index (κ3) is 7.21. The molecule has 172 valence electrons. The van der Waals surface area contributed by atoms with Crippen LogP contribution in [0.25, 0.3) is 0 Å². The first-order valence-corrected chi connectivity index (χ1v) is 15.1. The molecule has 0 N–H and O–H groups in total. The van der Waals surface area contributed by atoms with Gasteiger partial charge < -0.3 is 4.43 Å². The Kier molecular flexibility index (Phi) is 8.64. The van der Waals surface area contributed by atoms with Crippen LogP contribution in [0.4, 0.5) is 0 Å². The fourth-order valence-corrected chi connectivity index (χ4v) is 5.01. The summed E-state index contributed by atoms with van der Waals surface area (Å²) in [4.78, 5) is 13.2. The zero-order valence-corrected chi connectivity index (χ0v) is 22.8. The van der Waals surface area contributed by atoms with Crippen LogP contribution in [0.15, 0.2) is 40.2 Å². The zero-order chi connectivity index (χ0) is 23.4. The van der Waals surface area contributed by atoms with Crippen molar-refractivity contribution in [1.29, 1.82) is 0 Å². The average Bonchev–Trinajstić information content (AvgIpc) is 2.65. The summed E-state index contributed by atoms with van der Waals surface area (Å²) in [7, 11) is -1.66. The number of aryl methyl sites for hydroxylation is 1. The van der Waals surface area contributed by atoms with Crippen LogP contribution in [0.3, 0.4) is 0 Å². The van der Waals surface area contributed by atoms with E-state index in [-0.39, 0.29) is 15.6 Å². The number of aromatic nitrogens is 2. The third-order valence-electron chi connectivity index (χ3n) is 5.82. The molecule has 2 aromatic rings. The van der Waals surface area contributed by atoms with E-state index in [1.165, 1.54) is 15.8 Å². The summed E-state index contributed by atoms with van der Waals surface area (Å²) < 4.78 is 7.70. The molecule has 31 heavy (non-hydrogen) atoms. The fraction of sp³-hybridized carbons (Fsp3) is 0.583. The van der Waals surface area contributed by atoms with E-state index < -0.39 is 13.9 Å². The SMILES string of the molecule is CC(C)(C)n1ncc(SCc2ccc(CCCO[Si](C)(C)C(C)(C)C)cc2)c(Cl)c1=O. The molecule has 0 unspecified atom stereocenters. The maximum atomic E-state index is 12.5. The van der Waals surface area contributed by atoms with E-state index in [1.54, 1.807) is 18.0 Å². The first kappa shape index (κ1) is 26.2. The molecule has 0 fully saturated rings. The van der Waals surface area contributed by atoms with E-state index in [9.17, 15) is 4.79 Å². The lowest BCUT2D eigenvalue weighted by Gasteiger charge is -2.36. The molecule has 0 bridgehead atoms. The fourth-order valence-electron chi connectivity index (χ4n) is 2.78. The number of halogens is 1. The van der Waals surface area contributed by atoms with E-state index in [1.807, 2.05) is 20.8 Å². The molecule has 1 aromatic heterocycles. The molecule has 4 nitrogen and oxygen atoms in total. The van der Waals surface area contributed by atoms with Gasteiger partial charge in [0.25, 0.3) is 5.56 Å². The van der Waals surface area contributed by atoms with Crippen LogP contribution in [-0.4, -0.2) is 24.7 Å². The molecule has 0 spiro atoms. The number of hydrogen-bond acceptors (Lipinski definition) is 4. The largest absolute Gasteiger partial charge is 0.417 e.